The average Bonchev–Trinajstić information content (AvgIpc) is 3.25. The first-order chi connectivity index (χ1) is 16.3. The van der Waals surface area contributed by atoms with Gasteiger partial charge in [-0.2, -0.15) is 0 Å². The average molecular weight is 462 g/mol. The maximum Gasteiger partial charge on any atom is 0.323 e. The SMILES string of the molecule is COC(=O)C12C=C(c3ccc(C)cc3)OC(c3ccccc3)=C1CC(C(=O)OC)(C(=O)OC)C2. The predicted octanol–water partition coefficient (Wildman–Crippen LogP) is 4.06. The molecule has 2 aromatic rings. The molecule has 1 unspecified atom stereocenters. The second-order valence-electron chi connectivity index (χ2n) is 8.53. The van der Waals surface area contributed by atoms with E-state index in [1.165, 1.54) is 21.3 Å². The van der Waals surface area contributed by atoms with E-state index in [4.69, 9.17) is 18.9 Å². The Kier molecular flexibility index (Phi) is 6.04. The Labute approximate surface area is 198 Å². The van der Waals surface area contributed by atoms with E-state index >= 15 is 0 Å². The third-order valence-electron chi connectivity index (χ3n) is 6.54. The van der Waals surface area contributed by atoms with E-state index in [0.29, 0.717) is 22.7 Å². The number of rotatable bonds is 5. The summed E-state index contributed by atoms with van der Waals surface area (Å²) in [5.41, 5.74) is -0.170. The van der Waals surface area contributed by atoms with E-state index in [2.05, 4.69) is 0 Å². The van der Waals surface area contributed by atoms with Crippen molar-refractivity contribution in [2.45, 2.75) is 19.8 Å². The number of benzene rings is 2. The molecule has 0 amide bonds. The van der Waals surface area contributed by atoms with Crippen molar-refractivity contribution in [2.75, 3.05) is 21.3 Å². The minimum atomic E-state index is -1.73. The summed E-state index contributed by atoms with van der Waals surface area (Å²) in [6, 6.07) is 16.9. The van der Waals surface area contributed by atoms with Crippen LogP contribution in [0.3, 0.4) is 0 Å². The summed E-state index contributed by atoms with van der Waals surface area (Å²) in [5, 5.41) is 0. The normalized spacial score (nSPS) is 20.5. The van der Waals surface area contributed by atoms with E-state index in [1.54, 1.807) is 6.08 Å². The standard InChI is InChI=1S/C27H26O7/c1-17-10-12-18(13-11-17)21-15-26(23(28)31-2)16-27(24(29)32-3,25(30)33-4)14-20(26)22(34-21)19-8-6-5-7-9-19/h5-13,15H,14,16H2,1-4H3. The molecule has 4 rings (SSSR count). The van der Waals surface area contributed by atoms with Gasteiger partial charge in [0.25, 0.3) is 0 Å². The fraction of sp³-hybridized carbons (Fsp3) is 0.296. The highest BCUT2D eigenvalue weighted by atomic mass is 16.5. The highest BCUT2D eigenvalue weighted by Gasteiger charge is 2.66. The molecule has 7 nitrogen and oxygen atoms in total. The van der Waals surface area contributed by atoms with Crippen molar-refractivity contribution in [2.24, 2.45) is 10.8 Å². The van der Waals surface area contributed by atoms with Crippen LogP contribution in [-0.4, -0.2) is 39.2 Å². The van der Waals surface area contributed by atoms with Crippen molar-refractivity contribution < 1.29 is 33.3 Å². The van der Waals surface area contributed by atoms with Crippen molar-refractivity contribution in [3.05, 3.63) is 82.9 Å². The summed E-state index contributed by atoms with van der Waals surface area (Å²) in [6.45, 7) is 1.97. The van der Waals surface area contributed by atoms with Gasteiger partial charge in [-0.1, -0.05) is 60.2 Å². The molecule has 0 N–H and O–H groups in total. The number of methoxy groups -OCH3 is 3. The van der Waals surface area contributed by atoms with Crippen LogP contribution >= 0.6 is 0 Å². The third kappa shape index (κ3) is 3.57. The zero-order chi connectivity index (χ0) is 24.5. The molecule has 176 valence electrons. The molecular weight excluding hydrogens is 436 g/mol. The van der Waals surface area contributed by atoms with E-state index in [0.717, 1.165) is 11.1 Å². The van der Waals surface area contributed by atoms with E-state index < -0.39 is 28.7 Å². The van der Waals surface area contributed by atoms with Gasteiger partial charge in [0.15, 0.2) is 5.41 Å². The topological polar surface area (TPSA) is 88.1 Å². The molecule has 1 aliphatic heterocycles. The molecule has 2 aromatic carbocycles. The maximum absolute atomic E-state index is 13.4. The van der Waals surface area contributed by atoms with Gasteiger partial charge >= 0.3 is 17.9 Å². The van der Waals surface area contributed by atoms with E-state index in [-0.39, 0.29) is 12.8 Å². The largest absolute Gasteiger partial charge is 0.468 e. The molecule has 2 aliphatic rings. The number of aryl methyl sites for hydroxylation is 1. The number of carbonyl (C=O) groups is 3. The zero-order valence-electron chi connectivity index (χ0n) is 19.5. The molecule has 1 aliphatic carbocycles. The van der Waals surface area contributed by atoms with Crippen molar-refractivity contribution in [3.8, 4) is 0 Å². The molecule has 1 fully saturated rings. The minimum absolute atomic E-state index is 0.108. The lowest BCUT2D eigenvalue weighted by atomic mass is 9.76. The Bertz CT molecular complexity index is 1180. The van der Waals surface area contributed by atoms with Crippen molar-refractivity contribution in [1.82, 2.24) is 0 Å². The maximum atomic E-state index is 13.4. The van der Waals surface area contributed by atoms with Gasteiger partial charge in [0.1, 0.15) is 16.9 Å². The summed E-state index contributed by atoms with van der Waals surface area (Å²) >= 11 is 0. The molecule has 7 heteroatoms. The monoisotopic (exact) mass is 462 g/mol. The molecule has 1 heterocycles. The Morgan fingerprint density at radius 2 is 1.38 bits per heavy atom. The summed E-state index contributed by atoms with van der Waals surface area (Å²) in [4.78, 5) is 39.4. The molecule has 1 atom stereocenters. The van der Waals surface area contributed by atoms with Crippen LogP contribution in [0, 0.1) is 17.8 Å². The second-order valence-corrected chi connectivity index (χ2v) is 8.53. The van der Waals surface area contributed by atoms with Crippen LogP contribution in [0.2, 0.25) is 0 Å². The minimum Gasteiger partial charge on any atom is -0.468 e. The third-order valence-corrected chi connectivity index (χ3v) is 6.54. The number of ether oxygens (including phenoxy) is 4. The van der Waals surface area contributed by atoms with Crippen LogP contribution in [0.4, 0.5) is 0 Å². The molecule has 0 bridgehead atoms. The fourth-order valence-electron chi connectivity index (χ4n) is 4.83. The smallest absolute Gasteiger partial charge is 0.323 e. The number of fused-ring (bicyclic) bond motifs is 1. The Balaban J connectivity index is 2.02. The zero-order valence-corrected chi connectivity index (χ0v) is 19.5. The second kappa shape index (κ2) is 8.82. The lowest BCUT2D eigenvalue weighted by molar-refractivity contribution is -0.169. The summed E-state index contributed by atoms with van der Waals surface area (Å²) in [5.74, 6) is -1.32. The first-order valence-electron chi connectivity index (χ1n) is 10.8. The van der Waals surface area contributed by atoms with Crippen LogP contribution in [0.1, 0.15) is 29.5 Å². The van der Waals surface area contributed by atoms with Gasteiger partial charge < -0.3 is 18.9 Å². The highest BCUT2D eigenvalue weighted by Crippen LogP contribution is 2.60. The van der Waals surface area contributed by atoms with Crippen LogP contribution in [-0.2, 0) is 33.3 Å². The van der Waals surface area contributed by atoms with E-state index in [9.17, 15) is 14.4 Å². The van der Waals surface area contributed by atoms with E-state index in [1.807, 2.05) is 61.5 Å². The highest BCUT2D eigenvalue weighted by molar-refractivity contribution is 6.05. The first kappa shape index (κ1) is 23.3. The van der Waals surface area contributed by atoms with Gasteiger partial charge in [0.05, 0.1) is 21.3 Å². The van der Waals surface area contributed by atoms with Crippen LogP contribution in [0.5, 0.6) is 0 Å². The number of esters is 3. The molecule has 0 aromatic heterocycles. The van der Waals surface area contributed by atoms with Gasteiger partial charge in [-0.25, -0.2) is 0 Å². The van der Waals surface area contributed by atoms with Gasteiger partial charge in [0, 0.05) is 17.5 Å². The Morgan fingerprint density at radius 1 is 0.794 bits per heavy atom. The van der Waals surface area contributed by atoms with Crippen molar-refractivity contribution >= 4 is 29.4 Å². The van der Waals surface area contributed by atoms with Crippen LogP contribution < -0.4 is 0 Å². The lowest BCUT2D eigenvalue weighted by Crippen LogP contribution is -2.41. The molecular formula is C27H26O7. The van der Waals surface area contributed by atoms with Crippen LogP contribution in [0.15, 0.2) is 66.2 Å². The van der Waals surface area contributed by atoms with Crippen molar-refractivity contribution in [3.63, 3.8) is 0 Å². The summed E-state index contributed by atoms with van der Waals surface area (Å²) in [7, 11) is 3.69. The molecule has 1 saturated carbocycles. The molecule has 0 saturated heterocycles. The molecule has 0 spiro atoms. The fourth-order valence-corrected chi connectivity index (χ4v) is 4.83. The van der Waals surface area contributed by atoms with Gasteiger partial charge in [-0.3, -0.25) is 14.4 Å². The number of hydrogen-bond donors (Lipinski definition) is 0. The van der Waals surface area contributed by atoms with Gasteiger partial charge in [0.2, 0.25) is 0 Å². The molecule has 34 heavy (non-hydrogen) atoms. The number of carbonyl (C=O) groups excluding carboxylic acids is 3. The Morgan fingerprint density at radius 3 is 1.94 bits per heavy atom. The van der Waals surface area contributed by atoms with Gasteiger partial charge in [-0.15, -0.1) is 0 Å². The quantitative estimate of drug-likeness (QED) is 0.376. The first-order valence-corrected chi connectivity index (χ1v) is 10.8. The van der Waals surface area contributed by atoms with Crippen molar-refractivity contribution in [1.29, 1.82) is 0 Å². The summed E-state index contributed by atoms with van der Waals surface area (Å²) in [6.07, 6.45) is 1.35. The summed E-state index contributed by atoms with van der Waals surface area (Å²) < 4.78 is 21.6. The number of hydrogen-bond acceptors (Lipinski definition) is 7. The Hall–Kier alpha value is -3.87. The molecule has 0 radical (unpaired) electrons. The lowest BCUT2D eigenvalue weighted by Gasteiger charge is -2.32. The van der Waals surface area contributed by atoms with Crippen LogP contribution in [0.25, 0.3) is 11.5 Å². The van der Waals surface area contributed by atoms with Gasteiger partial charge in [-0.05, 0) is 25.0 Å². The predicted molar refractivity (Wildman–Crippen MR) is 124 cm³/mol.